The van der Waals surface area contributed by atoms with Crippen molar-refractivity contribution in [1.29, 1.82) is 0 Å². The van der Waals surface area contributed by atoms with E-state index in [1.165, 1.54) is 6.21 Å². The summed E-state index contributed by atoms with van der Waals surface area (Å²) in [5, 5.41) is 8.81. The summed E-state index contributed by atoms with van der Waals surface area (Å²) in [5.74, 6) is -1.12. The number of aliphatic carboxylic acids is 1. The molecule has 5 nitrogen and oxygen atoms in total. The fourth-order valence-corrected chi connectivity index (χ4v) is 1.99. The average Bonchev–Trinajstić information content (AvgIpc) is 2.69. The van der Waals surface area contributed by atoms with Crippen LogP contribution in [0.4, 0.5) is 5.69 Å². The monoisotopic (exact) mass is 232 g/mol. The molecule has 0 radical (unpaired) electrons. The molecule has 0 bridgehead atoms. The van der Waals surface area contributed by atoms with Crippen molar-refractivity contribution in [2.45, 2.75) is 17.9 Å². The smallest absolute Gasteiger partial charge is 0.320 e. The van der Waals surface area contributed by atoms with Gasteiger partial charge < -0.3 is 15.6 Å². The van der Waals surface area contributed by atoms with Crippen LogP contribution in [0.5, 0.6) is 0 Å². The Kier molecular flexibility index (Phi) is 2.77. The number of carbonyl (C=O) groups excluding carboxylic acids is 1. The third-order valence-corrected chi connectivity index (χ3v) is 2.92. The number of nitrogens with two attached hydrogens (primary N) is 1. The SMILES string of the molecule is N[C@@H](CC1(C=O)C=Nc2ccccc21)C(=O)O. The summed E-state index contributed by atoms with van der Waals surface area (Å²) < 4.78 is 0. The summed E-state index contributed by atoms with van der Waals surface area (Å²) in [5.41, 5.74) is 5.89. The topological polar surface area (TPSA) is 92.8 Å². The maximum atomic E-state index is 11.3. The Morgan fingerprint density at radius 2 is 2.24 bits per heavy atom. The quantitative estimate of drug-likeness (QED) is 0.745. The minimum atomic E-state index is -1.12. The van der Waals surface area contributed by atoms with Crippen LogP contribution >= 0.6 is 0 Å². The summed E-state index contributed by atoms with van der Waals surface area (Å²) >= 11 is 0. The van der Waals surface area contributed by atoms with Gasteiger partial charge in [-0.25, -0.2) is 0 Å². The first-order valence-electron chi connectivity index (χ1n) is 5.18. The Hall–Kier alpha value is -2.01. The molecule has 1 unspecified atom stereocenters. The molecule has 0 spiro atoms. The molecule has 1 aromatic rings. The molecule has 0 amide bonds. The Labute approximate surface area is 98.0 Å². The average molecular weight is 232 g/mol. The molecule has 1 aromatic carbocycles. The molecule has 17 heavy (non-hydrogen) atoms. The molecule has 3 N–H and O–H groups in total. The number of nitrogens with zero attached hydrogens (tertiary/aromatic N) is 1. The molecule has 1 heterocycles. The van der Waals surface area contributed by atoms with Crippen LogP contribution in [0.1, 0.15) is 12.0 Å². The van der Waals surface area contributed by atoms with Crippen molar-refractivity contribution < 1.29 is 14.7 Å². The van der Waals surface area contributed by atoms with Gasteiger partial charge in [-0.05, 0) is 18.1 Å². The number of rotatable bonds is 4. The van der Waals surface area contributed by atoms with Crippen LogP contribution in [0.15, 0.2) is 29.3 Å². The first-order chi connectivity index (χ1) is 8.09. The lowest BCUT2D eigenvalue weighted by Gasteiger charge is -2.22. The predicted molar refractivity (Wildman–Crippen MR) is 62.6 cm³/mol. The molecule has 2 atom stereocenters. The van der Waals surface area contributed by atoms with Crippen LogP contribution < -0.4 is 5.73 Å². The Morgan fingerprint density at radius 3 is 2.88 bits per heavy atom. The van der Waals surface area contributed by atoms with Gasteiger partial charge in [0.05, 0.1) is 11.1 Å². The van der Waals surface area contributed by atoms with Crippen LogP contribution in [0, 0.1) is 0 Å². The molecule has 1 aliphatic heterocycles. The number of para-hydroxylation sites is 1. The molecule has 0 saturated carbocycles. The predicted octanol–water partition coefficient (Wildman–Crippen LogP) is 0.641. The minimum Gasteiger partial charge on any atom is -0.480 e. The fraction of sp³-hybridized carbons (Fsp3) is 0.250. The van der Waals surface area contributed by atoms with E-state index in [1.54, 1.807) is 18.2 Å². The van der Waals surface area contributed by atoms with Crippen LogP contribution in [0.25, 0.3) is 0 Å². The number of aliphatic imine (C=N–C) groups is 1. The van der Waals surface area contributed by atoms with Crippen molar-refractivity contribution in [2.24, 2.45) is 10.7 Å². The zero-order valence-electron chi connectivity index (χ0n) is 9.04. The van der Waals surface area contributed by atoms with E-state index in [9.17, 15) is 9.59 Å². The zero-order chi connectivity index (χ0) is 12.5. The van der Waals surface area contributed by atoms with E-state index in [2.05, 4.69) is 4.99 Å². The Bertz CT molecular complexity index is 498. The first kappa shape index (κ1) is 11.5. The van der Waals surface area contributed by atoms with Crippen LogP contribution in [-0.2, 0) is 15.0 Å². The highest BCUT2D eigenvalue weighted by molar-refractivity contribution is 6.01. The lowest BCUT2D eigenvalue weighted by molar-refractivity contribution is -0.138. The summed E-state index contributed by atoms with van der Waals surface area (Å²) in [7, 11) is 0. The molecule has 5 heteroatoms. The summed E-state index contributed by atoms with van der Waals surface area (Å²) in [6.07, 6.45) is 2.21. The molecule has 0 aromatic heterocycles. The van der Waals surface area contributed by atoms with Crippen LogP contribution in [0.2, 0.25) is 0 Å². The van der Waals surface area contributed by atoms with Crippen molar-refractivity contribution >= 4 is 24.2 Å². The number of benzene rings is 1. The number of carboxylic acids is 1. The highest BCUT2D eigenvalue weighted by Crippen LogP contribution is 2.38. The Morgan fingerprint density at radius 1 is 1.53 bits per heavy atom. The second-order valence-corrected chi connectivity index (χ2v) is 4.08. The van der Waals surface area contributed by atoms with Crippen molar-refractivity contribution in [3.05, 3.63) is 29.8 Å². The molecular weight excluding hydrogens is 220 g/mol. The van der Waals surface area contributed by atoms with Gasteiger partial charge in [-0.3, -0.25) is 9.79 Å². The summed E-state index contributed by atoms with van der Waals surface area (Å²) in [6, 6.07) is 6.07. The van der Waals surface area contributed by atoms with Gasteiger partial charge in [-0.15, -0.1) is 0 Å². The number of carbonyl (C=O) groups is 2. The number of carboxylic acid groups (broad SMARTS) is 1. The third-order valence-electron chi connectivity index (χ3n) is 2.92. The van der Waals surface area contributed by atoms with Gasteiger partial charge in [0.1, 0.15) is 12.3 Å². The van der Waals surface area contributed by atoms with Crippen molar-refractivity contribution in [3.8, 4) is 0 Å². The van der Waals surface area contributed by atoms with Crippen molar-refractivity contribution in [1.82, 2.24) is 0 Å². The highest BCUT2D eigenvalue weighted by Gasteiger charge is 2.39. The van der Waals surface area contributed by atoms with Crippen LogP contribution in [0.3, 0.4) is 0 Å². The highest BCUT2D eigenvalue weighted by atomic mass is 16.4. The molecule has 0 aliphatic carbocycles. The van der Waals surface area contributed by atoms with Gasteiger partial charge in [-0.1, -0.05) is 18.2 Å². The molecule has 0 fully saturated rings. The number of hydrogen-bond acceptors (Lipinski definition) is 4. The van der Waals surface area contributed by atoms with Gasteiger partial charge >= 0.3 is 5.97 Å². The van der Waals surface area contributed by atoms with E-state index in [4.69, 9.17) is 10.8 Å². The van der Waals surface area contributed by atoms with Gasteiger partial charge in [0.25, 0.3) is 0 Å². The number of hydrogen-bond donors (Lipinski definition) is 2. The van der Waals surface area contributed by atoms with E-state index in [-0.39, 0.29) is 6.42 Å². The van der Waals surface area contributed by atoms with E-state index in [1.807, 2.05) is 6.07 Å². The lowest BCUT2D eigenvalue weighted by Crippen LogP contribution is -2.40. The van der Waals surface area contributed by atoms with E-state index in [0.717, 1.165) is 0 Å². The third kappa shape index (κ3) is 1.85. The lowest BCUT2D eigenvalue weighted by atomic mass is 9.79. The van der Waals surface area contributed by atoms with E-state index in [0.29, 0.717) is 17.5 Å². The zero-order valence-corrected chi connectivity index (χ0v) is 9.04. The second-order valence-electron chi connectivity index (χ2n) is 4.08. The first-order valence-corrected chi connectivity index (χ1v) is 5.18. The normalized spacial score (nSPS) is 23.1. The van der Waals surface area contributed by atoms with E-state index >= 15 is 0 Å². The minimum absolute atomic E-state index is 0.0202. The molecule has 88 valence electrons. The molecule has 1 aliphatic rings. The largest absolute Gasteiger partial charge is 0.480 e. The standard InChI is InChI=1S/C12H12N2O3/c13-9(11(16)17)5-12(7-15)6-14-10-4-2-1-3-8(10)12/h1-4,6-7,9H,5,13H2,(H,16,17)/t9-,12?/m0/s1. The molecule has 2 rings (SSSR count). The molecular formula is C12H12N2O3. The summed E-state index contributed by atoms with van der Waals surface area (Å²) in [4.78, 5) is 26.2. The number of aldehydes is 1. The van der Waals surface area contributed by atoms with Gasteiger partial charge in [0, 0.05) is 6.21 Å². The maximum absolute atomic E-state index is 11.3. The maximum Gasteiger partial charge on any atom is 0.320 e. The van der Waals surface area contributed by atoms with Crippen LogP contribution in [-0.4, -0.2) is 29.6 Å². The van der Waals surface area contributed by atoms with Gasteiger partial charge in [-0.2, -0.15) is 0 Å². The van der Waals surface area contributed by atoms with E-state index < -0.39 is 17.4 Å². The van der Waals surface area contributed by atoms with Crippen molar-refractivity contribution in [2.75, 3.05) is 0 Å². The van der Waals surface area contributed by atoms with Gasteiger partial charge in [0.15, 0.2) is 0 Å². The fourth-order valence-electron chi connectivity index (χ4n) is 1.99. The molecule has 0 saturated heterocycles. The van der Waals surface area contributed by atoms with Gasteiger partial charge in [0.2, 0.25) is 0 Å². The Balaban J connectivity index is 2.38. The second kappa shape index (κ2) is 4.10. The number of fused-ring (bicyclic) bond motifs is 1. The van der Waals surface area contributed by atoms with Crippen molar-refractivity contribution in [3.63, 3.8) is 0 Å². The summed E-state index contributed by atoms with van der Waals surface area (Å²) in [6.45, 7) is 0.